The zero-order chi connectivity index (χ0) is 15.3. The van der Waals surface area contributed by atoms with Crippen molar-refractivity contribution in [3.63, 3.8) is 0 Å². The van der Waals surface area contributed by atoms with E-state index < -0.39 is 34.9 Å². The van der Waals surface area contributed by atoms with Gasteiger partial charge in [0.05, 0.1) is 5.41 Å². The van der Waals surface area contributed by atoms with Crippen molar-refractivity contribution in [2.24, 2.45) is 11.3 Å². The fourth-order valence-electron chi connectivity index (χ4n) is 2.94. The Labute approximate surface area is 115 Å². The Morgan fingerprint density at radius 1 is 1.25 bits per heavy atom. The normalized spacial score (nSPS) is 27.2. The Balaban J connectivity index is 1.97. The van der Waals surface area contributed by atoms with Gasteiger partial charge in [-0.25, -0.2) is 13.6 Å². The lowest BCUT2D eigenvalue weighted by Crippen LogP contribution is -2.43. The number of nitrogens with zero attached hydrogens (tertiary/aromatic N) is 1. The molecule has 0 aromatic heterocycles. The molecule has 5 nitrogen and oxygen atoms in total. The standard InChI is InChI=1S/C13H19F2NO4/c1-11(2,3)20-10(19)16-6-4-12(5-7-16)8(9(17)18)13(12,14)15/h8H,4-7H2,1-3H3,(H,17,18). The maximum atomic E-state index is 13.7. The molecule has 0 aromatic rings. The third kappa shape index (κ3) is 2.23. The van der Waals surface area contributed by atoms with Crippen molar-refractivity contribution in [1.82, 2.24) is 4.90 Å². The van der Waals surface area contributed by atoms with Gasteiger partial charge in [0.1, 0.15) is 11.5 Å². The van der Waals surface area contributed by atoms with Gasteiger partial charge in [0.25, 0.3) is 5.92 Å². The van der Waals surface area contributed by atoms with Crippen molar-refractivity contribution in [3.8, 4) is 0 Å². The topological polar surface area (TPSA) is 66.8 Å². The highest BCUT2D eigenvalue weighted by Gasteiger charge is 2.83. The van der Waals surface area contributed by atoms with Crippen LogP contribution in [-0.2, 0) is 9.53 Å². The van der Waals surface area contributed by atoms with Gasteiger partial charge < -0.3 is 14.7 Å². The summed E-state index contributed by atoms with van der Waals surface area (Å²) in [5.41, 5.74) is -2.11. The van der Waals surface area contributed by atoms with E-state index in [0.717, 1.165) is 0 Å². The second-order valence-electron chi connectivity index (χ2n) is 6.52. The maximum absolute atomic E-state index is 13.7. The Bertz CT molecular complexity index is 436. The molecule has 0 radical (unpaired) electrons. The molecule has 1 unspecified atom stereocenters. The largest absolute Gasteiger partial charge is 0.481 e. The van der Waals surface area contributed by atoms with Crippen LogP contribution in [0, 0.1) is 11.3 Å². The average Bonchev–Trinajstić information content (AvgIpc) is 2.72. The third-order valence-corrected chi connectivity index (χ3v) is 4.05. The number of carbonyl (C=O) groups excluding carboxylic acids is 1. The number of rotatable bonds is 1. The fraction of sp³-hybridized carbons (Fsp3) is 0.846. The number of alkyl halides is 2. The number of amides is 1. The van der Waals surface area contributed by atoms with Gasteiger partial charge in [0.2, 0.25) is 0 Å². The zero-order valence-corrected chi connectivity index (χ0v) is 11.8. The van der Waals surface area contributed by atoms with Crippen LogP contribution >= 0.6 is 0 Å². The SMILES string of the molecule is CC(C)(C)OC(=O)N1CCC2(CC1)C(C(=O)O)C2(F)F. The highest BCUT2D eigenvalue weighted by atomic mass is 19.3. The Hall–Kier alpha value is -1.40. The van der Waals surface area contributed by atoms with Crippen LogP contribution in [0.25, 0.3) is 0 Å². The molecule has 1 aliphatic carbocycles. The van der Waals surface area contributed by atoms with Crippen molar-refractivity contribution >= 4 is 12.1 Å². The van der Waals surface area contributed by atoms with Crippen molar-refractivity contribution in [3.05, 3.63) is 0 Å². The van der Waals surface area contributed by atoms with Crippen molar-refractivity contribution in [1.29, 1.82) is 0 Å². The van der Waals surface area contributed by atoms with Gasteiger partial charge in [-0.05, 0) is 33.6 Å². The molecule has 1 heterocycles. The summed E-state index contributed by atoms with van der Waals surface area (Å²) in [5.74, 6) is -6.24. The fourth-order valence-corrected chi connectivity index (χ4v) is 2.94. The quantitative estimate of drug-likeness (QED) is 0.805. The molecular weight excluding hydrogens is 272 g/mol. The van der Waals surface area contributed by atoms with E-state index in [4.69, 9.17) is 9.84 Å². The molecule has 1 amide bonds. The molecule has 2 fully saturated rings. The molecular formula is C13H19F2NO4. The number of piperidine rings is 1. The van der Waals surface area contributed by atoms with Gasteiger partial charge >= 0.3 is 12.1 Å². The molecule has 1 atom stereocenters. The number of hydrogen-bond donors (Lipinski definition) is 1. The van der Waals surface area contributed by atoms with Gasteiger partial charge in [0, 0.05) is 13.1 Å². The number of carbonyl (C=O) groups is 2. The molecule has 1 saturated carbocycles. The van der Waals surface area contributed by atoms with E-state index in [2.05, 4.69) is 0 Å². The lowest BCUT2D eigenvalue weighted by molar-refractivity contribution is -0.141. The maximum Gasteiger partial charge on any atom is 0.410 e. The lowest BCUT2D eigenvalue weighted by atomic mass is 9.90. The van der Waals surface area contributed by atoms with Crippen LogP contribution in [0.2, 0.25) is 0 Å². The van der Waals surface area contributed by atoms with Crippen LogP contribution in [0.15, 0.2) is 0 Å². The number of likely N-dealkylation sites (tertiary alicyclic amines) is 1. The number of ether oxygens (including phenoxy) is 1. The number of halogens is 2. The predicted molar refractivity (Wildman–Crippen MR) is 65.5 cm³/mol. The lowest BCUT2D eigenvalue weighted by Gasteiger charge is -2.33. The van der Waals surface area contributed by atoms with Gasteiger partial charge in [-0.1, -0.05) is 0 Å². The van der Waals surface area contributed by atoms with Crippen LogP contribution in [-0.4, -0.2) is 46.7 Å². The van der Waals surface area contributed by atoms with E-state index in [1.807, 2.05) is 0 Å². The molecule has 1 saturated heterocycles. The number of hydrogen-bond acceptors (Lipinski definition) is 3. The first kappa shape index (κ1) is 15.0. The van der Waals surface area contributed by atoms with Crippen LogP contribution in [0.3, 0.4) is 0 Å². The van der Waals surface area contributed by atoms with Gasteiger partial charge in [-0.15, -0.1) is 0 Å². The summed E-state index contributed by atoms with van der Waals surface area (Å²) in [5, 5.41) is 8.85. The van der Waals surface area contributed by atoms with Gasteiger partial charge in [-0.2, -0.15) is 0 Å². The van der Waals surface area contributed by atoms with E-state index in [1.54, 1.807) is 20.8 Å². The first-order valence-electron chi connectivity index (χ1n) is 6.60. The molecule has 2 aliphatic rings. The summed E-state index contributed by atoms with van der Waals surface area (Å²) in [6, 6.07) is 0. The van der Waals surface area contributed by atoms with Crippen LogP contribution in [0.4, 0.5) is 13.6 Å². The van der Waals surface area contributed by atoms with Crippen molar-refractivity contribution in [2.75, 3.05) is 13.1 Å². The number of aliphatic carboxylic acids is 1. The molecule has 0 bridgehead atoms. The summed E-state index contributed by atoms with van der Waals surface area (Å²) in [6.07, 6.45) is -0.546. The number of carboxylic acids is 1. The summed E-state index contributed by atoms with van der Waals surface area (Å²) in [7, 11) is 0. The third-order valence-electron chi connectivity index (χ3n) is 4.05. The molecule has 0 aromatic carbocycles. The van der Waals surface area contributed by atoms with Crippen LogP contribution in [0.1, 0.15) is 33.6 Å². The molecule has 114 valence electrons. The summed E-state index contributed by atoms with van der Waals surface area (Å²) >= 11 is 0. The molecule has 20 heavy (non-hydrogen) atoms. The second-order valence-corrected chi connectivity index (χ2v) is 6.52. The average molecular weight is 291 g/mol. The summed E-state index contributed by atoms with van der Waals surface area (Å²) < 4.78 is 32.5. The monoisotopic (exact) mass is 291 g/mol. The summed E-state index contributed by atoms with van der Waals surface area (Å²) in [4.78, 5) is 24.1. The Morgan fingerprint density at radius 3 is 2.10 bits per heavy atom. The molecule has 2 rings (SSSR count). The van der Waals surface area contributed by atoms with Crippen molar-refractivity contribution < 1.29 is 28.2 Å². The molecule has 1 spiro atoms. The first-order chi connectivity index (χ1) is 9.01. The molecule has 1 aliphatic heterocycles. The minimum atomic E-state index is -3.17. The van der Waals surface area contributed by atoms with E-state index in [0.29, 0.717) is 0 Å². The zero-order valence-electron chi connectivity index (χ0n) is 11.8. The highest BCUT2D eigenvalue weighted by Crippen LogP contribution is 2.70. The minimum Gasteiger partial charge on any atom is -0.481 e. The van der Waals surface area contributed by atoms with E-state index in [-0.39, 0.29) is 25.9 Å². The van der Waals surface area contributed by atoms with Gasteiger partial charge in [0.15, 0.2) is 0 Å². The predicted octanol–water partition coefficient (Wildman–Crippen LogP) is 2.35. The Morgan fingerprint density at radius 2 is 1.75 bits per heavy atom. The van der Waals surface area contributed by atoms with Crippen molar-refractivity contribution in [2.45, 2.75) is 45.1 Å². The van der Waals surface area contributed by atoms with Gasteiger partial charge in [-0.3, -0.25) is 4.79 Å². The van der Waals surface area contributed by atoms with Crippen LogP contribution < -0.4 is 0 Å². The second kappa shape index (κ2) is 4.30. The molecule has 1 N–H and O–H groups in total. The van der Waals surface area contributed by atoms with Crippen LogP contribution in [0.5, 0.6) is 0 Å². The smallest absolute Gasteiger partial charge is 0.410 e. The van der Waals surface area contributed by atoms with E-state index in [9.17, 15) is 18.4 Å². The van der Waals surface area contributed by atoms with E-state index >= 15 is 0 Å². The number of carboxylic acid groups (broad SMARTS) is 1. The minimum absolute atomic E-state index is 0.00376. The first-order valence-corrected chi connectivity index (χ1v) is 6.60. The summed E-state index contributed by atoms with van der Waals surface area (Å²) in [6.45, 7) is 5.39. The van der Waals surface area contributed by atoms with E-state index in [1.165, 1.54) is 4.90 Å². The molecule has 7 heteroatoms. The highest BCUT2D eigenvalue weighted by molar-refractivity contribution is 5.78. The Kier molecular flexibility index (Phi) is 3.22.